The highest BCUT2D eigenvalue weighted by Crippen LogP contribution is 2.42. The zero-order valence-electron chi connectivity index (χ0n) is 11.0. The van der Waals surface area contributed by atoms with E-state index < -0.39 is 0 Å². The van der Waals surface area contributed by atoms with Crippen LogP contribution in [0.2, 0.25) is 10.0 Å². The van der Waals surface area contributed by atoms with Gasteiger partial charge in [0.1, 0.15) is 18.0 Å². The van der Waals surface area contributed by atoms with E-state index in [1.165, 1.54) is 0 Å². The van der Waals surface area contributed by atoms with Gasteiger partial charge in [0.2, 0.25) is 0 Å². The number of aromatic nitrogens is 1. The summed E-state index contributed by atoms with van der Waals surface area (Å²) in [4.78, 5) is 5.91. The Balaban J connectivity index is 2.47. The van der Waals surface area contributed by atoms with Crippen molar-refractivity contribution in [1.82, 2.24) is 4.98 Å². The smallest absolute Gasteiger partial charge is 0.145 e. The van der Waals surface area contributed by atoms with Crippen molar-refractivity contribution in [1.29, 1.82) is 0 Å². The van der Waals surface area contributed by atoms with E-state index in [1.54, 1.807) is 30.6 Å². The van der Waals surface area contributed by atoms with Gasteiger partial charge in [-0.15, -0.1) is 0 Å². The fraction of sp³-hybridized carbons (Fsp3) is 0.133. The molecule has 1 aromatic heterocycles. The second-order valence-electron chi connectivity index (χ2n) is 4.07. The zero-order chi connectivity index (χ0) is 14.5. The molecule has 2 aromatic rings. The minimum atomic E-state index is 0.398. The molecule has 0 saturated carbocycles. The molecule has 0 spiro atoms. The molecule has 0 amide bonds. The SMILES string of the molecule is C=CCOc1ccc(Cl)c(Cl)c1N(C)c1ccncc1. The van der Waals surface area contributed by atoms with Gasteiger partial charge in [-0.05, 0) is 24.3 Å². The number of rotatable bonds is 5. The van der Waals surface area contributed by atoms with Crippen molar-refractivity contribution in [2.45, 2.75) is 0 Å². The lowest BCUT2D eigenvalue weighted by Crippen LogP contribution is -2.12. The standard InChI is InChI=1S/C15H14Cl2N2O/c1-3-10-20-13-5-4-12(16)14(17)15(13)19(2)11-6-8-18-9-7-11/h3-9H,1,10H2,2H3. The number of anilines is 2. The summed E-state index contributed by atoms with van der Waals surface area (Å²) >= 11 is 12.4. The third kappa shape index (κ3) is 3.06. The van der Waals surface area contributed by atoms with Crippen LogP contribution in [0.1, 0.15) is 0 Å². The quantitative estimate of drug-likeness (QED) is 0.747. The third-order valence-electron chi connectivity index (χ3n) is 2.77. The minimum Gasteiger partial charge on any atom is -0.487 e. The van der Waals surface area contributed by atoms with Crippen molar-refractivity contribution in [2.75, 3.05) is 18.6 Å². The van der Waals surface area contributed by atoms with E-state index in [0.29, 0.717) is 28.1 Å². The van der Waals surface area contributed by atoms with Crippen LogP contribution in [0.25, 0.3) is 0 Å². The van der Waals surface area contributed by atoms with Crippen molar-refractivity contribution in [3.05, 3.63) is 59.4 Å². The summed E-state index contributed by atoms with van der Waals surface area (Å²) in [6.45, 7) is 4.04. The van der Waals surface area contributed by atoms with Gasteiger partial charge in [-0.2, -0.15) is 0 Å². The monoisotopic (exact) mass is 308 g/mol. The van der Waals surface area contributed by atoms with E-state index in [2.05, 4.69) is 11.6 Å². The van der Waals surface area contributed by atoms with Crippen LogP contribution < -0.4 is 9.64 Å². The average molecular weight is 309 g/mol. The molecule has 0 N–H and O–H groups in total. The lowest BCUT2D eigenvalue weighted by atomic mass is 10.2. The second kappa shape index (κ2) is 6.64. The van der Waals surface area contributed by atoms with Crippen LogP contribution in [0, 0.1) is 0 Å². The fourth-order valence-electron chi connectivity index (χ4n) is 1.80. The Kier molecular flexibility index (Phi) is 4.88. The fourth-order valence-corrected chi connectivity index (χ4v) is 2.23. The molecule has 0 bridgehead atoms. The van der Waals surface area contributed by atoms with Gasteiger partial charge in [0.15, 0.2) is 0 Å². The van der Waals surface area contributed by atoms with Crippen molar-refractivity contribution < 1.29 is 4.74 Å². The molecule has 0 unspecified atom stereocenters. The minimum absolute atomic E-state index is 0.398. The van der Waals surface area contributed by atoms with Crippen LogP contribution in [-0.4, -0.2) is 18.6 Å². The first kappa shape index (κ1) is 14.7. The number of halogens is 2. The summed E-state index contributed by atoms with van der Waals surface area (Å²) in [6.07, 6.45) is 5.11. The zero-order valence-corrected chi connectivity index (χ0v) is 12.5. The molecular weight excluding hydrogens is 295 g/mol. The molecule has 0 aliphatic heterocycles. The van der Waals surface area contributed by atoms with Crippen LogP contribution in [0.3, 0.4) is 0 Å². The van der Waals surface area contributed by atoms with Crippen LogP contribution >= 0.6 is 23.2 Å². The number of nitrogens with zero attached hydrogens (tertiary/aromatic N) is 2. The molecule has 2 rings (SSSR count). The van der Waals surface area contributed by atoms with Crippen LogP contribution in [0.5, 0.6) is 5.75 Å². The maximum atomic E-state index is 6.33. The van der Waals surface area contributed by atoms with Gasteiger partial charge in [0, 0.05) is 25.1 Å². The third-order valence-corrected chi connectivity index (χ3v) is 3.57. The molecular formula is C15H14Cl2N2O. The molecule has 0 aliphatic rings. The Hall–Kier alpha value is -1.71. The number of hydrogen-bond donors (Lipinski definition) is 0. The molecule has 0 atom stereocenters. The number of pyridine rings is 1. The Bertz CT molecular complexity index is 602. The predicted octanol–water partition coefficient (Wildman–Crippen LogP) is 4.72. The highest BCUT2D eigenvalue weighted by Gasteiger charge is 2.17. The molecule has 104 valence electrons. The Labute approximate surface area is 128 Å². The first-order chi connectivity index (χ1) is 9.65. The summed E-state index contributed by atoms with van der Waals surface area (Å²) in [5.41, 5.74) is 1.65. The number of hydrogen-bond acceptors (Lipinski definition) is 3. The van der Waals surface area contributed by atoms with E-state index in [-0.39, 0.29) is 0 Å². The highest BCUT2D eigenvalue weighted by atomic mass is 35.5. The van der Waals surface area contributed by atoms with Crippen molar-refractivity contribution >= 4 is 34.6 Å². The number of ether oxygens (including phenoxy) is 1. The maximum Gasteiger partial charge on any atom is 0.145 e. The molecule has 0 saturated heterocycles. The molecule has 1 heterocycles. The van der Waals surface area contributed by atoms with Crippen molar-refractivity contribution in [2.24, 2.45) is 0 Å². The van der Waals surface area contributed by atoms with Gasteiger partial charge in [-0.1, -0.05) is 35.9 Å². The largest absolute Gasteiger partial charge is 0.487 e. The molecule has 0 aliphatic carbocycles. The molecule has 1 aromatic carbocycles. The Morgan fingerprint density at radius 2 is 1.95 bits per heavy atom. The van der Waals surface area contributed by atoms with E-state index in [1.807, 2.05) is 24.1 Å². The highest BCUT2D eigenvalue weighted by molar-refractivity contribution is 6.44. The van der Waals surface area contributed by atoms with Gasteiger partial charge >= 0.3 is 0 Å². The summed E-state index contributed by atoms with van der Waals surface area (Å²) in [7, 11) is 1.90. The van der Waals surface area contributed by atoms with E-state index in [4.69, 9.17) is 27.9 Å². The summed E-state index contributed by atoms with van der Waals surface area (Å²) in [6, 6.07) is 7.28. The van der Waals surface area contributed by atoms with E-state index in [0.717, 1.165) is 5.69 Å². The summed E-state index contributed by atoms with van der Waals surface area (Å²) in [5.74, 6) is 0.651. The first-order valence-corrected chi connectivity index (χ1v) is 6.76. The Morgan fingerprint density at radius 1 is 1.25 bits per heavy atom. The normalized spacial score (nSPS) is 10.2. The molecule has 0 fully saturated rings. The van der Waals surface area contributed by atoms with Gasteiger partial charge in [-0.25, -0.2) is 0 Å². The maximum absolute atomic E-state index is 6.33. The Morgan fingerprint density at radius 3 is 2.60 bits per heavy atom. The van der Waals surface area contributed by atoms with Crippen molar-refractivity contribution in [3.63, 3.8) is 0 Å². The first-order valence-electron chi connectivity index (χ1n) is 6.00. The van der Waals surface area contributed by atoms with E-state index in [9.17, 15) is 0 Å². The molecule has 20 heavy (non-hydrogen) atoms. The van der Waals surface area contributed by atoms with Crippen LogP contribution in [-0.2, 0) is 0 Å². The lowest BCUT2D eigenvalue weighted by Gasteiger charge is -2.24. The summed E-state index contributed by atoms with van der Waals surface area (Å²) < 4.78 is 5.65. The van der Waals surface area contributed by atoms with E-state index >= 15 is 0 Å². The van der Waals surface area contributed by atoms with Gasteiger partial charge in [-0.3, -0.25) is 4.98 Å². The molecule has 0 radical (unpaired) electrons. The molecule has 3 nitrogen and oxygen atoms in total. The van der Waals surface area contributed by atoms with Crippen LogP contribution in [0.4, 0.5) is 11.4 Å². The van der Waals surface area contributed by atoms with Crippen molar-refractivity contribution in [3.8, 4) is 5.75 Å². The van der Waals surface area contributed by atoms with Crippen LogP contribution in [0.15, 0.2) is 49.3 Å². The summed E-state index contributed by atoms with van der Waals surface area (Å²) in [5, 5.41) is 0.932. The second-order valence-corrected chi connectivity index (χ2v) is 4.86. The molecule has 5 heteroatoms. The van der Waals surface area contributed by atoms with Gasteiger partial charge in [0.05, 0.1) is 10.0 Å². The van der Waals surface area contributed by atoms with Gasteiger partial charge in [0.25, 0.3) is 0 Å². The number of benzene rings is 1. The van der Waals surface area contributed by atoms with Gasteiger partial charge < -0.3 is 9.64 Å². The predicted molar refractivity (Wildman–Crippen MR) is 84.5 cm³/mol. The lowest BCUT2D eigenvalue weighted by molar-refractivity contribution is 0.364. The topological polar surface area (TPSA) is 25.4 Å². The average Bonchev–Trinajstić information content (AvgIpc) is 2.48.